The van der Waals surface area contributed by atoms with Gasteiger partial charge in [-0.05, 0) is 12.1 Å². The highest BCUT2D eigenvalue weighted by molar-refractivity contribution is 6.38. The van der Waals surface area contributed by atoms with Crippen molar-refractivity contribution in [3.63, 3.8) is 0 Å². The minimum atomic E-state index is -4.61. The van der Waals surface area contributed by atoms with E-state index in [1.54, 1.807) is 12.1 Å². The van der Waals surface area contributed by atoms with E-state index in [1.807, 2.05) is 0 Å². The van der Waals surface area contributed by atoms with Gasteiger partial charge in [0.1, 0.15) is 29.2 Å². The van der Waals surface area contributed by atoms with Crippen LogP contribution in [0.5, 0.6) is 0 Å². The Morgan fingerprint density at radius 2 is 1.74 bits per heavy atom. The molecule has 0 spiro atoms. The minimum Gasteiger partial charge on any atom is -0.372 e. The quantitative estimate of drug-likeness (QED) is 0.879. The molecule has 2 aromatic rings. The van der Waals surface area contributed by atoms with Gasteiger partial charge in [-0.25, -0.2) is 4.68 Å². The highest BCUT2D eigenvalue weighted by Gasteiger charge is 2.33. The average Bonchev–Trinajstić information content (AvgIpc) is 2.82. The first-order chi connectivity index (χ1) is 10.7. The Bertz CT molecular complexity index is 835. The monoisotopic (exact) mass is 359 g/mol. The molecule has 0 amide bonds. The normalized spacial score (nSPS) is 11.0. The zero-order chi connectivity index (χ0) is 17.4. The number of benzene rings is 1. The summed E-state index contributed by atoms with van der Waals surface area (Å²) >= 11 is 11.8. The summed E-state index contributed by atoms with van der Waals surface area (Å²) in [4.78, 5) is 0. The Balaban J connectivity index is 2.77. The van der Waals surface area contributed by atoms with E-state index in [0.717, 1.165) is 4.68 Å². The molecule has 0 radical (unpaired) electrons. The maximum atomic E-state index is 12.8. The van der Waals surface area contributed by atoms with Crippen LogP contribution >= 0.6 is 23.2 Å². The van der Waals surface area contributed by atoms with Gasteiger partial charge in [0.15, 0.2) is 5.69 Å². The van der Waals surface area contributed by atoms with Gasteiger partial charge in [0.05, 0.1) is 15.6 Å². The number of hydrogen-bond donors (Lipinski definition) is 1. The number of nitriles is 2. The number of anilines is 1. The number of nitrogens with one attached hydrogen (secondary N) is 1. The Hall–Kier alpha value is -2.42. The number of hydrogen-bond acceptors (Lipinski definition) is 4. The molecular formula is C13H6Cl2F3N5. The van der Waals surface area contributed by atoms with Crippen LogP contribution < -0.4 is 5.32 Å². The summed E-state index contributed by atoms with van der Waals surface area (Å²) in [5.41, 5.74) is -1.36. The zero-order valence-electron chi connectivity index (χ0n) is 11.3. The van der Waals surface area contributed by atoms with Crippen LogP contribution in [-0.4, -0.2) is 16.8 Å². The summed E-state index contributed by atoms with van der Waals surface area (Å²) in [6, 6.07) is 4.91. The second-order valence-corrected chi connectivity index (χ2v) is 5.06. The molecule has 0 fully saturated rings. The van der Waals surface area contributed by atoms with Crippen LogP contribution in [0.2, 0.25) is 10.0 Å². The molecule has 1 N–H and O–H groups in total. The molecule has 0 aliphatic heterocycles. The fourth-order valence-corrected chi connectivity index (χ4v) is 2.57. The van der Waals surface area contributed by atoms with Crippen LogP contribution in [0.25, 0.3) is 5.69 Å². The standard InChI is InChI=1S/C13H6Cl2F3N5/c1-21-12-7(4-19)10(5-20)22-23(12)11-8(14)2-6(3-9(11)15)13(16,17)18/h2-3,21H,1H3. The fourth-order valence-electron chi connectivity index (χ4n) is 1.93. The van der Waals surface area contributed by atoms with E-state index in [0.29, 0.717) is 12.1 Å². The summed E-state index contributed by atoms with van der Waals surface area (Å²) in [5, 5.41) is 24.0. The lowest BCUT2D eigenvalue weighted by molar-refractivity contribution is -0.137. The van der Waals surface area contributed by atoms with Crippen molar-refractivity contribution in [2.75, 3.05) is 12.4 Å². The predicted molar refractivity (Wildman–Crippen MR) is 77.6 cm³/mol. The topological polar surface area (TPSA) is 77.4 Å². The van der Waals surface area contributed by atoms with Gasteiger partial charge in [0.25, 0.3) is 0 Å². The highest BCUT2D eigenvalue weighted by Crippen LogP contribution is 2.38. The molecular weight excluding hydrogens is 354 g/mol. The lowest BCUT2D eigenvalue weighted by atomic mass is 10.2. The molecule has 2 rings (SSSR count). The Morgan fingerprint density at radius 1 is 1.17 bits per heavy atom. The summed E-state index contributed by atoms with van der Waals surface area (Å²) in [6.07, 6.45) is -4.61. The Kier molecular flexibility index (Phi) is 4.42. The van der Waals surface area contributed by atoms with Crippen molar-refractivity contribution >= 4 is 29.0 Å². The van der Waals surface area contributed by atoms with Crippen molar-refractivity contribution < 1.29 is 13.2 Å². The van der Waals surface area contributed by atoms with Crippen molar-refractivity contribution in [2.45, 2.75) is 6.18 Å². The molecule has 1 heterocycles. The SMILES string of the molecule is CNc1c(C#N)c(C#N)nn1-c1c(Cl)cc(C(F)(F)F)cc1Cl. The summed E-state index contributed by atoms with van der Waals surface area (Å²) < 4.78 is 39.3. The predicted octanol–water partition coefficient (Wildman–Crippen LogP) is 3.98. The summed E-state index contributed by atoms with van der Waals surface area (Å²) in [6.45, 7) is 0. The van der Waals surface area contributed by atoms with E-state index in [4.69, 9.17) is 33.7 Å². The van der Waals surface area contributed by atoms with Crippen molar-refractivity contribution in [2.24, 2.45) is 0 Å². The van der Waals surface area contributed by atoms with Gasteiger partial charge in [-0.2, -0.15) is 28.8 Å². The smallest absolute Gasteiger partial charge is 0.372 e. The summed E-state index contributed by atoms with van der Waals surface area (Å²) in [5.74, 6) is 0.0904. The molecule has 0 atom stereocenters. The van der Waals surface area contributed by atoms with E-state index in [1.165, 1.54) is 7.05 Å². The van der Waals surface area contributed by atoms with Crippen LogP contribution in [-0.2, 0) is 6.18 Å². The molecule has 0 unspecified atom stereocenters. The second kappa shape index (κ2) is 5.99. The van der Waals surface area contributed by atoms with Gasteiger partial charge in [-0.15, -0.1) is 0 Å². The molecule has 1 aromatic carbocycles. The van der Waals surface area contributed by atoms with Gasteiger partial charge in [0.2, 0.25) is 0 Å². The minimum absolute atomic E-state index is 0.0660. The van der Waals surface area contributed by atoms with E-state index in [-0.39, 0.29) is 32.8 Å². The van der Waals surface area contributed by atoms with Crippen molar-refractivity contribution in [1.29, 1.82) is 10.5 Å². The highest BCUT2D eigenvalue weighted by atomic mass is 35.5. The zero-order valence-corrected chi connectivity index (χ0v) is 12.8. The fraction of sp³-hybridized carbons (Fsp3) is 0.154. The first-order valence-corrected chi connectivity index (χ1v) is 6.67. The number of nitrogens with zero attached hydrogens (tertiary/aromatic N) is 4. The number of rotatable bonds is 2. The molecule has 0 aliphatic rings. The molecule has 0 bridgehead atoms. The van der Waals surface area contributed by atoms with Gasteiger partial charge in [-0.1, -0.05) is 23.2 Å². The maximum Gasteiger partial charge on any atom is 0.416 e. The largest absolute Gasteiger partial charge is 0.416 e. The third-order valence-electron chi connectivity index (χ3n) is 2.90. The van der Waals surface area contributed by atoms with Gasteiger partial charge < -0.3 is 5.32 Å². The molecule has 118 valence electrons. The van der Waals surface area contributed by atoms with Crippen LogP contribution in [0.4, 0.5) is 19.0 Å². The average molecular weight is 360 g/mol. The number of halogens is 5. The van der Waals surface area contributed by atoms with Crippen LogP contribution in [0.1, 0.15) is 16.8 Å². The first-order valence-electron chi connectivity index (χ1n) is 5.92. The summed E-state index contributed by atoms with van der Waals surface area (Å²) in [7, 11) is 1.46. The van der Waals surface area contributed by atoms with Gasteiger partial charge >= 0.3 is 6.18 Å². The first kappa shape index (κ1) is 16.9. The van der Waals surface area contributed by atoms with E-state index in [9.17, 15) is 13.2 Å². The third-order valence-corrected chi connectivity index (χ3v) is 3.47. The molecule has 0 saturated carbocycles. The number of aromatic nitrogens is 2. The Morgan fingerprint density at radius 3 is 2.13 bits per heavy atom. The molecule has 23 heavy (non-hydrogen) atoms. The lowest BCUT2D eigenvalue weighted by Crippen LogP contribution is -2.08. The molecule has 0 saturated heterocycles. The molecule has 5 nitrogen and oxygen atoms in total. The van der Waals surface area contributed by atoms with Crippen molar-refractivity contribution in [3.8, 4) is 17.8 Å². The van der Waals surface area contributed by atoms with E-state index >= 15 is 0 Å². The Labute approximate surface area is 138 Å². The van der Waals surface area contributed by atoms with E-state index in [2.05, 4.69) is 10.4 Å². The molecule has 0 aliphatic carbocycles. The third kappa shape index (κ3) is 2.91. The van der Waals surface area contributed by atoms with Crippen molar-refractivity contribution in [3.05, 3.63) is 39.0 Å². The second-order valence-electron chi connectivity index (χ2n) is 4.24. The molecule has 10 heteroatoms. The van der Waals surface area contributed by atoms with Crippen molar-refractivity contribution in [1.82, 2.24) is 9.78 Å². The lowest BCUT2D eigenvalue weighted by Gasteiger charge is -2.14. The molecule has 1 aromatic heterocycles. The van der Waals surface area contributed by atoms with Gasteiger partial charge in [-0.3, -0.25) is 0 Å². The number of alkyl halides is 3. The van der Waals surface area contributed by atoms with E-state index < -0.39 is 11.7 Å². The maximum absolute atomic E-state index is 12.8. The van der Waals surface area contributed by atoms with Crippen LogP contribution in [0.15, 0.2) is 12.1 Å². The van der Waals surface area contributed by atoms with Crippen LogP contribution in [0, 0.1) is 22.7 Å². The van der Waals surface area contributed by atoms with Crippen LogP contribution in [0.3, 0.4) is 0 Å². The van der Waals surface area contributed by atoms with Gasteiger partial charge in [0, 0.05) is 7.05 Å².